The SMILES string of the molecule is CCCc1cc(=O)oc2cc(OC(=O)[C@@H](Cc3ccccc3)NC(=O)OC(C)(C)C)ccc12. The van der Waals surface area contributed by atoms with Crippen molar-refractivity contribution in [2.24, 2.45) is 0 Å². The molecule has 3 rings (SSSR count). The Morgan fingerprint density at radius 2 is 1.79 bits per heavy atom. The third-order valence-electron chi connectivity index (χ3n) is 4.80. The summed E-state index contributed by atoms with van der Waals surface area (Å²) < 4.78 is 16.2. The molecule has 0 spiro atoms. The van der Waals surface area contributed by atoms with Gasteiger partial charge in [0.1, 0.15) is 23.0 Å². The predicted molar refractivity (Wildman–Crippen MR) is 125 cm³/mol. The van der Waals surface area contributed by atoms with Crippen LogP contribution >= 0.6 is 0 Å². The zero-order chi connectivity index (χ0) is 24.0. The van der Waals surface area contributed by atoms with Crippen LogP contribution in [0.5, 0.6) is 5.75 Å². The van der Waals surface area contributed by atoms with Crippen LogP contribution in [0.3, 0.4) is 0 Å². The van der Waals surface area contributed by atoms with Crippen LogP contribution in [0.1, 0.15) is 45.2 Å². The number of amides is 1. The number of alkyl carbamates (subject to hydrolysis) is 1. The molecule has 0 saturated carbocycles. The Labute approximate surface area is 192 Å². The second kappa shape index (κ2) is 10.3. The molecule has 2 aromatic carbocycles. The van der Waals surface area contributed by atoms with Crippen LogP contribution in [0.4, 0.5) is 4.79 Å². The number of ether oxygens (including phenoxy) is 2. The Kier molecular flexibility index (Phi) is 7.53. The minimum atomic E-state index is -0.976. The lowest BCUT2D eigenvalue weighted by Crippen LogP contribution is -2.46. The second-order valence-corrected chi connectivity index (χ2v) is 8.81. The highest BCUT2D eigenvalue weighted by atomic mass is 16.6. The molecule has 0 unspecified atom stereocenters. The number of carbonyl (C=O) groups is 2. The summed E-state index contributed by atoms with van der Waals surface area (Å²) >= 11 is 0. The van der Waals surface area contributed by atoms with Crippen molar-refractivity contribution in [1.29, 1.82) is 0 Å². The molecular formula is C26H29NO6. The minimum Gasteiger partial charge on any atom is -0.444 e. The predicted octanol–water partition coefficient (Wildman–Crippen LogP) is 4.79. The number of hydrogen-bond acceptors (Lipinski definition) is 6. The van der Waals surface area contributed by atoms with Crippen molar-refractivity contribution in [2.45, 2.75) is 58.6 Å². The summed E-state index contributed by atoms with van der Waals surface area (Å²) in [6.07, 6.45) is 1.13. The van der Waals surface area contributed by atoms with Crippen LogP contribution in [0.2, 0.25) is 0 Å². The summed E-state index contributed by atoms with van der Waals surface area (Å²) in [5, 5.41) is 3.40. The van der Waals surface area contributed by atoms with Crippen molar-refractivity contribution < 1.29 is 23.5 Å². The number of fused-ring (bicyclic) bond motifs is 1. The van der Waals surface area contributed by atoms with E-state index in [0.29, 0.717) is 5.58 Å². The Bertz CT molecular complexity index is 1180. The lowest BCUT2D eigenvalue weighted by molar-refractivity contribution is -0.136. The lowest BCUT2D eigenvalue weighted by atomic mass is 10.1. The molecule has 7 heteroatoms. The molecule has 1 amide bonds. The van der Waals surface area contributed by atoms with Gasteiger partial charge in [-0.25, -0.2) is 14.4 Å². The fourth-order valence-corrected chi connectivity index (χ4v) is 3.43. The molecule has 0 fully saturated rings. The van der Waals surface area contributed by atoms with Gasteiger partial charge in [-0.1, -0.05) is 43.7 Å². The average molecular weight is 452 g/mol. The zero-order valence-electron chi connectivity index (χ0n) is 19.3. The van der Waals surface area contributed by atoms with Gasteiger partial charge in [0.05, 0.1) is 0 Å². The van der Waals surface area contributed by atoms with E-state index in [4.69, 9.17) is 13.9 Å². The van der Waals surface area contributed by atoms with Crippen LogP contribution in [0, 0.1) is 0 Å². The highest BCUT2D eigenvalue weighted by Gasteiger charge is 2.26. The molecule has 1 aromatic heterocycles. The first-order valence-electron chi connectivity index (χ1n) is 11.0. The Hall–Kier alpha value is -3.61. The molecule has 0 aliphatic heterocycles. The molecule has 0 aliphatic carbocycles. The van der Waals surface area contributed by atoms with Gasteiger partial charge in [-0.2, -0.15) is 0 Å². The Balaban J connectivity index is 1.83. The molecule has 0 aliphatic rings. The maximum atomic E-state index is 13.0. The van der Waals surface area contributed by atoms with Crippen LogP contribution < -0.4 is 15.7 Å². The van der Waals surface area contributed by atoms with Crippen molar-refractivity contribution in [3.05, 3.63) is 76.1 Å². The Morgan fingerprint density at radius 1 is 1.06 bits per heavy atom. The fraction of sp³-hybridized carbons (Fsp3) is 0.346. The summed E-state index contributed by atoms with van der Waals surface area (Å²) in [7, 11) is 0. The van der Waals surface area contributed by atoms with Gasteiger partial charge in [0.2, 0.25) is 0 Å². The van der Waals surface area contributed by atoms with E-state index in [9.17, 15) is 14.4 Å². The summed E-state index contributed by atoms with van der Waals surface area (Å²) in [6.45, 7) is 7.26. The zero-order valence-corrected chi connectivity index (χ0v) is 19.3. The van der Waals surface area contributed by atoms with Crippen LogP contribution in [-0.4, -0.2) is 23.7 Å². The minimum absolute atomic E-state index is 0.216. The molecule has 3 aromatic rings. The van der Waals surface area contributed by atoms with Crippen molar-refractivity contribution >= 4 is 23.0 Å². The maximum Gasteiger partial charge on any atom is 0.408 e. The normalized spacial score (nSPS) is 12.2. The number of aryl methyl sites for hydroxylation is 1. The molecule has 0 bridgehead atoms. The van der Waals surface area contributed by atoms with E-state index < -0.39 is 29.3 Å². The number of carbonyl (C=O) groups excluding carboxylic acids is 2. The molecule has 7 nitrogen and oxygen atoms in total. The molecular weight excluding hydrogens is 422 g/mol. The monoisotopic (exact) mass is 451 g/mol. The summed E-state index contributed by atoms with van der Waals surface area (Å²) in [4.78, 5) is 37.3. The lowest BCUT2D eigenvalue weighted by Gasteiger charge is -2.23. The quantitative estimate of drug-likeness (QED) is 0.315. The summed E-state index contributed by atoms with van der Waals surface area (Å²) in [5.74, 6) is -0.440. The summed E-state index contributed by atoms with van der Waals surface area (Å²) in [5.41, 5.74) is 0.913. The van der Waals surface area contributed by atoms with Gasteiger partial charge < -0.3 is 19.2 Å². The standard InChI is InChI=1S/C26H29NO6/c1-5-9-18-15-23(28)32-22-16-19(12-13-20(18)22)31-24(29)21(14-17-10-7-6-8-11-17)27-25(30)33-26(2,3)4/h6-8,10-13,15-16,21H,5,9,14H2,1-4H3,(H,27,30)/t21-/m1/s1. The Morgan fingerprint density at radius 3 is 2.45 bits per heavy atom. The van der Waals surface area contributed by atoms with Gasteiger partial charge in [-0.05, 0) is 50.5 Å². The molecule has 0 saturated heterocycles. The van der Waals surface area contributed by atoms with Gasteiger partial charge in [0.15, 0.2) is 0 Å². The molecule has 174 valence electrons. The topological polar surface area (TPSA) is 94.8 Å². The highest BCUT2D eigenvalue weighted by Crippen LogP contribution is 2.24. The summed E-state index contributed by atoms with van der Waals surface area (Å²) in [6, 6.07) is 14.7. The van der Waals surface area contributed by atoms with Crippen LogP contribution in [-0.2, 0) is 22.4 Å². The molecule has 1 atom stereocenters. The first kappa shape index (κ1) is 24.0. The van der Waals surface area contributed by atoms with Crippen molar-refractivity contribution in [3.63, 3.8) is 0 Å². The van der Waals surface area contributed by atoms with E-state index in [0.717, 1.165) is 29.4 Å². The van der Waals surface area contributed by atoms with Crippen molar-refractivity contribution in [2.75, 3.05) is 0 Å². The van der Waals surface area contributed by atoms with E-state index in [1.807, 2.05) is 37.3 Å². The third-order valence-corrected chi connectivity index (χ3v) is 4.80. The van der Waals surface area contributed by atoms with Gasteiger partial charge in [-0.3, -0.25) is 0 Å². The van der Waals surface area contributed by atoms with Gasteiger partial charge in [0, 0.05) is 23.9 Å². The number of rotatable bonds is 7. The van der Waals surface area contributed by atoms with Gasteiger partial charge in [0.25, 0.3) is 0 Å². The largest absolute Gasteiger partial charge is 0.444 e. The smallest absolute Gasteiger partial charge is 0.408 e. The van der Waals surface area contributed by atoms with Crippen molar-refractivity contribution in [3.8, 4) is 5.75 Å². The number of hydrogen-bond donors (Lipinski definition) is 1. The molecule has 1 N–H and O–H groups in total. The first-order chi connectivity index (χ1) is 15.6. The molecule has 33 heavy (non-hydrogen) atoms. The number of benzene rings is 2. The maximum absolute atomic E-state index is 13.0. The van der Waals surface area contributed by atoms with E-state index in [2.05, 4.69) is 5.32 Å². The van der Waals surface area contributed by atoms with E-state index in [-0.39, 0.29) is 12.2 Å². The molecule has 1 heterocycles. The molecule has 0 radical (unpaired) electrons. The first-order valence-corrected chi connectivity index (χ1v) is 11.0. The van der Waals surface area contributed by atoms with Gasteiger partial charge >= 0.3 is 17.7 Å². The van der Waals surface area contributed by atoms with Crippen LogP contribution in [0.25, 0.3) is 11.0 Å². The van der Waals surface area contributed by atoms with E-state index in [1.165, 1.54) is 12.1 Å². The average Bonchev–Trinajstić information content (AvgIpc) is 2.72. The van der Waals surface area contributed by atoms with E-state index in [1.54, 1.807) is 32.9 Å². The highest BCUT2D eigenvalue weighted by molar-refractivity contribution is 5.85. The fourth-order valence-electron chi connectivity index (χ4n) is 3.43. The van der Waals surface area contributed by atoms with Gasteiger partial charge in [-0.15, -0.1) is 0 Å². The number of esters is 1. The van der Waals surface area contributed by atoms with Crippen LogP contribution in [0.15, 0.2) is 63.8 Å². The number of nitrogens with one attached hydrogen (secondary N) is 1. The second-order valence-electron chi connectivity index (χ2n) is 8.81. The van der Waals surface area contributed by atoms with Crippen molar-refractivity contribution in [1.82, 2.24) is 5.32 Å². The van der Waals surface area contributed by atoms with E-state index >= 15 is 0 Å². The third kappa shape index (κ3) is 6.94.